The minimum Gasteiger partial charge on any atom is -0.469 e. The molecule has 1 saturated carbocycles. The topological polar surface area (TPSA) is 78.9 Å². The van der Waals surface area contributed by atoms with Crippen LogP contribution in [0.1, 0.15) is 59.8 Å². The van der Waals surface area contributed by atoms with Gasteiger partial charge in [-0.05, 0) is 44.6 Å². The molecule has 2 saturated heterocycles. The van der Waals surface area contributed by atoms with Crippen molar-refractivity contribution in [2.24, 2.45) is 10.8 Å². The quantitative estimate of drug-likeness (QED) is 0.467. The second-order valence-electron chi connectivity index (χ2n) is 8.87. The summed E-state index contributed by atoms with van der Waals surface area (Å²) in [4.78, 5) is 37.7. The zero-order chi connectivity index (χ0) is 20.8. The van der Waals surface area contributed by atoms with Gasteiger partial charge in [-0.15, -0.1) is 23.5 Å². The van der Waals surface area contributed by atoms with Gasteiger partial charge in [0.15, 0.2) is 0 Å². The van der Waals surface area contributed by atoms with Crippen LogP contribution >= 0.6 is 23.5 Å². The number of fused-ring (bicyclic) bond motifs is 2. The zero-order valence-corrected chi connectivity index (χ0v) is 18.9. The minimum atomic E-state index is -1.28. The summed E-state index contributed by atoms with van der Waals surface area (Å²) in [5, 5.41) is 0. The SMILES string of the molecule is COC(=O)C[C@@H](CC1(C)SCCCS1)OC(=O)[C@@]12CC[C@@](C)(C(=O)O1)C2(C)C. The van der Waals surface area contributed by atoms with E-state index in [1.165, 1.54) is 7.11 Å². The first-order valence-electron chi connectivity index (χ1n) is 9.79. The molecule has 0 aromatic carbocycles. The van der Waals surface area contributed by atoms with Crippen molar-refractivity contribution in [1.29, 1.82) is 0 Å². The summed E-state index contributed by atoms with van der Waals surface area (Å²) >= 11 is 3.67. The highest BCUT2D eigenvalue weighted by molar-refractivity contribution is 8.18. The molecule has 0 spiro atoms. The number of hydrogen-bond donors (Lipinski definition) is 0. The number of esters is 3. The number of thioether (sulfide) groups is 2. The van der Waals surface area contributed by atoms with Crippen molar-refractivity contribution in [3.05, 3.63) is 0 Å². The van der Waals surface area contributed by atoms with Crippen molar-refractivity contribution in [3.8, 4) is 0 Å². The minimum absolute atomic E-state index is 0.000668. The summed E-state index contributed by atoms with van der Waals surface area (Å²) in [6.07, 6.45) is 2.13. The van der Waals surface area contributed by atoms with Crippen molar-refractivity contribution in [2.45, 2.75) is 75.6 Å². The Labute approximate surface area is 175 Å². The molecule has 3 atom stereocenters. The molecule has 158 valence electrons. The molecular weight excluding hydrogens is 400 g/mol. The van der Waals surface area contributed by atoms with Gasteiger partial charge in [0.05, 0.1) is 23.0 Å². The van der Waals surface area contributed by atoms with E-state index in [0.29, 0.717) is 19.3 Å². The zero-order valence-electron chi connectivity index (χ0n) is 17.3. The molecule has 0 radical (unpaired) electrons. The molecule has 0 aromatic rings. The van der Waals surface area contributed by atoms with Crippen LogP contribution in [0.5, 0.6) is 0 Å². The third-order valence-corrected chi connectivity index (χ3v) is 10.3. The van der Waals surface area contributed by atoms with Crippen LogP contribution in [0.4, 0.5) is 0 Å². The molecule has 6 nitrogen and oxygen atoms in total. The number of methoxy groups -OCH3 is 1. The summed E-state index contributed by atoms with van der Waals surface area (Å²) in [7, 11) is 1.33. The highest BCUT2D eigenvalue weighted by Gasteiger charge is 2.76. The number of rotatable bonds is 6. The van der Waals surface area contributed by atoms with Crippen molar-refractivity contribution < 1.29 is 28.6 Å². The largest absolute Gasteiger partial charge is 0.469 e. The molecule has 0 aromatic heterocycles. The summed E-state index contributed by atoms with van der Waals surface area (Å²) < 4.78 is 16.2. The Kier molecular flexibility index (Phi) is 5.78. The highest BCUT2D eigenvalue weighted by Crippen LogP contribution is 2.66. The molecule has 2 aliphatic heterocycles. The second kappa shape index (κ2) is 7.42. The summed E-state index contributed by atoms with van der Waals surface area (Å²) in [6, 6.07) is 0. The normalized spacial score (nSPS) is 33.8. The van der Waals surface area contributed by atoms with E-state index in [0.717, 1.165) is 17.9 Å². The van der Waals surface area contributed by atoms with Crippen LogP contribution in [-0.2, 0) is 28.6 Å². The Morgan fingerprint density at radius 2 is 1.79 bits per heavy atom. The second-order valence-corrected chi connectivity index (χ2v) is 12.3. The van der Waals surface area contributed by atoms with Gasteiger partial charge in [-0.2, -0.15) is 0 Å². The smallest absolute Gasteiger partial charge is 0.351 e. The predicted molar refractivity (Wildman–Crippen MR) is 109 cm³/mol. The molecular formula is C20H30O6S2. The number of carbonyl (C=O) groups is 3. The van der Waals surface area contributed by atoms with Crippen LogP contribution < -0.4 is 0 Å². The highest BCUT2D eigenvalue weighted by atomic mass is 32.2. The van der Waals surface area contributed by atoms with Crippen LogP contribution in [0, 0.1) is 10.8 Å². The third kappa shape index (κ3) is 3.34. The average Bonchev–Trinajstić information content (AvgIpc) is 2.92. The molecule has 0 amide bonds. The van der Waals surface area contributed by atoms with Gasteiger partial charge in [-0.1, -0.05) is 13.8 Å². The number of ether oxygens (including phenoxy) is 3. The van der Waals surface area contributed by atoms with Crippen molar-refractivity contribution in [2.75, 3.05) is 18.6 Å². The van der Waals surface area contributed by atoms with Crippen LogP contribution in [0.25, 0.3) is 0 Å². The first-order valence-corrected chi connectivity index (χ1v) is 11.8. The Bertz CT molecular complexity index is 672. The van der Waals surface area contributed by atoms with E-state index >= 15 is 0 Å². The fourth-order valence-electron chi connectivity index (χ4n) is 4.58. The summed E-state index contributed by atoms with van der Waals surface area (Å²) in [6.45, 7) is 7.79. The van der Waals surface area contributed by atoms with Crippen LogP contribution in [0.2, 0.25) is 0 Å². The molecule has 2 bridgehead atoms. The molecule has 28 heavy (non-hydrogen) atoms. The van der Waals surface area contributed by atoms with Gasteiger partial charge in [0.1, 0.15) is 6.10 Å². The lowest BCUT2D eigenvalue weighted by molar-refractivity contribution is -0.188. The molecule has 3 rings (SSSR count). The fourth-order valence-corrected chi connectivity index (χ4v) is 7.65. The Balaban J connectivity index is 1.79. The standard InChI is InChI=1S/C20H30O6S2/c1-17(2)18(3)7-8-20(17,26-15(18)22)16(23)25-13(11-14(21)24-5)12-19(4)27-9-6-10-28-19/h13H,6-12H2,1-5H3/t13-,18-,20+/m0/s1. The first-order chi connectivity index (χ1) is 13.0. The summed E-state index contributed by atoms with van der Waals surface area (Å²) in [5.41, 5.74) is -2.63. The predicted octanol–water partition coefficient (Wildman–Crippen LogP) is 3.56. The van der Waals surface area contributed by atoms with E-state index in [4.69, 9.17) is 14.2 Å². The lowest BCUT2D eigenvalue weighted by atomic mass is 9.66. The van der Waals surface area contributed by atoms with Gasteiger partial charge in [-0.3, -0.25) is 9.59 Å². The Hall–Kier alpha value is -0.890. The maximum Gasteiger partial charge on any atom is 0.351 e. The Morgan fingerprint density at radius 1 is 1.14 bits per heavy atom. The van der Waals surface area contributed by atoms with Gasteiger partial charge >= 0.3 is 17.9 Å². The third-order valence-electron chi connectivity index (χ3n) is 7.01. The molecule has 3 fully saturated rings. The van der Waals surface area contributed by atoms with E-state index in [1.54, 1.807) is 0 Å². The van der Waals surface area contributed by atoms with Crippen molar-refractivity contribution in [1.82, 2.24) is 0 Å². The maximum absolute atomic E-state index is 13.3. The van der Waals surface area contributed by atoms with E-state index in [-0.39, 0.29) is 16.5 Å². The van der Waals surface area contributed by atoms with Crippen LogP contribution in [0.15, 0.2) is 0 Å². The number of carbonyl (C=O) groups excluding carboxylic acids is 3. The fraction of sp³-hybridized carbons (Fsp3) is 0.850. The van der Waals surface area contributed by atoms with Gasteiger partial charge in [0.2, 0.25) is 5.60 Å². The molecule has 8 heteroatoms. The number of hydrogen-bond acceptors (Lipinski definition) is 8. The van der Waals surface area contributed by atoms with Crippen molar-refractivity contribution in [3.63, 3.8) is 0 Å². The van der Waals surface area contributed by atoms with Gasteiger partial charge in [0, 0.05) is 11.8 Å². The molecule has 3 aliphatic rings. The summed E-state index contributed by atoms with van der Waals surface area (Å²) in [5.74, 6) is 0.819. The van der Waals surface area contributed by atoms with Gasteiger partial charge in [0.25, 0.3) is 0 Å². The van der Waals surface area contributed by atoms with Crippen molar-refractivity contribution >= 4 is 41.4 Å². The molecule has 0 N–H and O–H groups in total. The first kappa shape index (κ1) is 21.8. The van der Waals surface area contributed by atoms with E-state index in [1.807, 2.05) is 44.3 Å². The maximum atomic E-state index is 13.3. The molecule has 1 aliphatic carbocycles. The van der Waals surface area contributed by atoms with Gasteiger partial charge < -0.3 is 14.2 Å². The van der Waals surface area contributed by atoms with E-state index in [9.17, 15) is 14.4 Å². The molecule has 2 heterocycles. The lowest BCUT2D eigenvalue weighted by Gasteiger charge is -2.38. The lowest BCUT2D eigenvalue weighted by Crippen LogP contribution is -2.50. The van der Waals surface area contributed by atoms with Gasteiger partial charge in [-0.25, -0.2) is 4.79 Å². The van der Waals surface area contributed by atoms with E-state index < -0.39 is 34.5 Å². The Morgan fingerprint density at radius 3 is 2.29 bits per heavy atom. The van der Waals surface area contributed by atoms with E-state index in [2.05, 4.69) is 6.92 Å². The monoisotopic (exact) mass is 430 g/mol. The molecule has 0 unspecified atom stereocenters. The van der Waals surface area contributed by atoms with Crippen LogP contribution in [-0.4, -0.2) is 52.3 Å². The average molecular weight is 431 g/mol. The van der Waals surface area contributed by atoms with Crippen LogP contribution in [0.3, 0.4) is 0 Å².